The molecule has 23 heavy (non-hydrogen) atoms. The summed E-state index contributed by atoms with van der Waals surface area (Å²) in [5.74, 6) is 0.854. The summed E-state index contributed by atoms with van der Waals surface area (Å²) in [6.45, 7) is 2.05. The number of ether oxygens (including phenoxy) is 1. The number of quaternary nitrogens is 1. The number of unbranched alkanes of at least 4 members (excludes halogenated alkanes) is 7. The van der Waals surface area contributed by atoms with E-state index < -0.39 is 0 Å². The molecule has 0 N–H and O–H groups in total. The van der Waals surface area contributed by atoms with Gasteiger partial charge in [-0.2, -0.15) is 0 Å². The maximum absolute atomic E-state index is 10.6. The zero-order chi connectivity index (χ0) is 17.0. The first-order valence-corrected chi connectivity index (χ1v) is 9.00. The molecule has 0 saturated heterocycles. The Morgan fingerprint density at radius 1 is 0.826 bits per heavy atom. The van der Waals surface area contributed by atoms with Gasteiger partial charge in [0.15, 0.2) is 0 Å². The van der Waals surface area contributed by atoms with Gasteiger partial charge >= 0.3 is 0 Å². The average Bonchev–Trinajstić information content (AvgIpc) is 2.52. The van der Waals surface area contributed by atoms with E-state index in [0.29, 0.717) is 5.56 Å². The van der Waals surface area contributed by atoms with Gasteiger partial charge in [0.05, 0.1) is 34.3 Å². The van der Waals surface area contributed by atoms with Gasteiger partial charge in [-0.1, -0.05) is 32.1 Å². The molecule has 0 bridgehead atoms. The molecule has 0 aliphatic carbocycles. The van der Waals surface area contributed by atoms with Crippen molar-refractivity contribution in [2.24, 2.45) is 0 Å². The van der Waals surface area contributed by atoms with Gasteiger partial charge in [0.1, 0.15) is 12.0 Å². The monoisotopic (exact) mass is 320 g/mol. The molecule has 3 nitrogen and oxygen atoms in total. The van der Waals surface area contributed by atoms with Gasteiger partial charge in [0, 0.05) is 5.56 Å². The molecule has 0 amide bonds. The van der Waals surface area contributed by atoms with Gasteiger partial charge < -0.3 is 9.22 Å². The number of carbonyl (C=O) groups excluding carboxylic acids is 1. The third-order valence-electron chi connectivity index (χ3n) is 4.01. The SMILES string of the molecule is C[N+](C)(C)CCCCCCCCCCOc1ccc(C=O)cc1. The van der Waals surface area contributed by atoms with Crippen LogP contribution in [0.25, 0.3) is 0 Å². The number of aldehydes is 1. The van der Waals surface area contributed by atoms with Crippen molar-refractivity contribution in [2.45, 2.75) is 51.4 Å². The van der Waals surface area contributed by atoms with Crippen LogP contribution in [-0.4, -0.2) is 45.1 Å². The van der Waals surface area contributed by atoms with Crippen LogP contribution in [0.1, 0.15) is 61.7 Å². The number of hydrogen-bond acceptors (Lipinski definition) is 2. The van der Waals surface area contributed by atoms with Gasteiger partial charge in [-0.25, -0.2) is 0 Å². The highest BCUT2D eigenvalue weighted by Crippen LogP contribution is 2.13. The molecule has 0 aliphatic rings. The van der Waals surface area contributed by atoms with Crippen LogP contribution in [0, 0.1) is 0 Å². The third-order valence-corrected chi connectivity index (χ3v) is 4.01. The van der Waals surface area contributed by atoms with Gasteiger partial charge in [0.25, 0.3) is 0 Å². The second-order valence-corrected chi connectivity index (χ2v) is 7.38. The van der Waals surface area contributed by atoms with Crippen molar-refractivity contribution in [1.82, 2.24) is 0 Å². The topological polar surface area (TPSA) is 26.3 Å². The molecule has 0 heterocycles. The summed E-state index contributed by atoms with van der Waals surface area (Å²) >= 11 is 0. The van der Waals surface area contributed by atoms with Crippen molar-refractivity contribution < 1.29 is 14.0 Å². The molecule has 0 aliphatic heterocycles. The second kappa shape index (κ2) is 11.2. The largest absolute Gasteiger partial charge is 0.494 e. The van der Waals surface area contributed by atoms with Crippen LogP contribution < -0.4 is 4.74 Å². The van der Waals surface area contributed by atoms with E-state index >= 15 is 0 Å². The zero-order valence-electron chi connectivity index (χ0n) is 15.2. The Labute approximate surface area is 142 Å². The highest BCUT2D eigenvalue weighted by molar-refractivity contribution is 5.74. The maximum Gasteiger partial charge on any atom is 0.150 e. The predicted molar refractivity (Wildman–Crippen MR) is 97.2 cm³/mol. The van der Waals surface area contributed by atoms with Crippen molar-refractivity contribution >= 4 is 6.29 Å². The van der Waals surface area contributed by atoms with Crippen LogP contribution >= 0.6 is 0 Å². The van der Waals surface area contributed by atoms with E-state index in [1.807, 2.05) is 12.1 Å². The molecular formula is C20H34NO2+. The van der Waals surface area contributed by atoms with Crippen molar-refractivity contribution in [1.29, 1.82) is 0 Å². The summed E-state index contributed by atoms with van der Waals surface area (Å²) < 4.78 is 6.76. The lowest BCUT2D eigenvalue weighted by molar-refractivity contribution is -0.870. The molecule has 0 radical (unpaired) electrons. The number of benzene rings is 1. The first-order valence-electron chi connectivity index (χ1n) is 9.00. The normalized spacial score (nSPS) is 11.4. The molecule has 0 aromatic heterocycles. The molecule has 1 aromatic rings. The molecule has 0 saturated carbocycles. The minimum Gasteiger partial charge on any atom is -0.494 e. The van der Waals surface area contributed by atoms with E-state index in [2.05, 4.69) is 21.1 Å². The fourth-order valence-corrected chi connectivity index (χ4v) is 2.58. The maximum atomic E-state index is 10.6. The van der Waals surface area contributed by atoms with E-state index in [1.54, 1.807) is 12.1 Å². The second-order valence-electron chi connectivity index (χ2n) is 7.38. The molecule has 0 fully saturated rings. The Hall–Kier alpha value is -1.35. The third kappa shape index (κ3) is 10.9. The van der Waals surface area contributed by atoms with Crippen molar-refractivity contribution in [3.63, 3.8) is 0 Å². The summed E-state index contributed by atoms with van der Waals surface area (Å²) in [4.78, 5) is 10.6. The molecule has 0 spiro atoms. The van der Waals surface area contributed by atoms with Crippen molar-refractivity contribution in [2.75, 3.05) is 34.3 Å². The van der Waals surface area contributed by atoms with E-state index in [4.69, 9.17) is 4.74 Å². The standard InChI is InChI=1S/C20H34NO2/c1-21(2,3)16-10-8-6-4-5-7-9-11-17-23-20-14-12-19(18-22)13-15-20/h12-15,18H,4-11,16-17H2,1-3H3/q+1. The van der Waals surface area contributed by atoms with Crippen LogP contribution in [0.15, 0.2) is 24.3 Å². The average molecular weight is 320 g/mol. The number of carbonyl (C=O) groups is 1. The summed E-state index contributed by atoms with van der Waals surface area (Å²) in [6, 6.07) is 7.31. The molecule has 3 heteroatoms. The highest BCUT2D eigenvalue weighted by atomic mass is 16.5. The molecule has 130 valence electrons. The fourth-order valence-electron chi connectivity index (χ4n) is 2.58. The van der Waals surface area contributed by atoms with Crippen LogP contribution in [0.2, 0.25) is 0 Å². The summed E-state index contributed by atoms with van der Waals surface area (Å²) in [7, 11) is 6.79. The van der Waals surface area contributed by atoms with Crippen LogP contribution in [-0.2, 0) is 0 Å². The molecule has 1 aromatic carbocycles. The van der Waals surface area contributed by atoms with Gasteiger partial charge in [-0.05, 0) is 43.5 Å². The minimum atomic E-state index is 0.693. The Balaban J connectivity index is 1.88. The number of rotatable bonds is 13. The summed E-state index contributed by atoms with van der Waals surface area (Å²) in [6.07, 6.45) is 11.3. The minimum absolute atomic E-state index is 0.693. The highest BCUT2D eigenvalue weighted by Gasteiger charge is 2.04. The van der Waals surface area contributed by atoms with Crippen molar-refractivity contribution in [3.05, 3.63) is 29.8 Å². The Bertz CT molecular complexity index is 420. The Kier molecular flexibility index (Phi) is 9.61. The van der Waals surface area contributed by atoms with E-state index in [-0.39, 0.29) is 0 Å². The lowest BCUT2D eigenvalue weighted by Gasteiger charge is -2.23. The van der Waals surface area contributed by atoms with Crippen LogP contribution in [0.4, 0.5) is 0 Å². The van der Waals surface area contributed by atoms with E-state index in [1.165, 1.54) is 51.5 Å². The molecule has 0 unspecified atom stereocenters. The predicted octanol–water partition coefficient (Wildman–Crippen LogP) is 4.70. The van der Waals surface area contributed by atoms with Gasteiger partial charge in [-0.15, -0.1) is 0 Å². The van der Waals surface area contributed by atoms with E-state index in [0.717, 1.165) is 29.5 Å². The first kappa shape index (κ1) is 19.7. The Morgan fingerprint density at radius 2 is 1.35 bits per heavy atom. The first-order chi connectivity index (χ1) is 11.0. The summed E-state index contributed by atoms with van der Waals surface area (Å²) in [5, 5.41) is 0. The van der Waals surface area contributed by atoms with Gasteiger partial charge in [0.2, 0.25) is 0 Å². The molecule has 0 atom stereocenters. The van der Waals surface area contributed by atoms with E-state index in [9.17, 15) is 4.79 Å². The fraction of sp³-hybridized carbons (Fsp3) is 0.650. The summed E-state index contributed by atoms with van der Waals surface area (Å²) in [5.41, 5.74) is 0.693. The Morgan fingerprint density at radius 3 is 1.87 bits per heavy atom. The lowest BCUT2D eigenvalue weighted by atomic mass is 10.1. The quantitative estimate of drug-likeness (QED) is 0.299. The lowest BCUT2D eigenvalue weighted by Crippen LogP contribution is -2.35. The smallest absolute Gasteiger partial charge is 0.150 e. The van der Waals surface area contributed by atoms with Crippen LogP contribution in [0.5, 0.6) is 5.75 Å². The number of nitrogens with zero attached hydrogens (tertiary/aromatic N) is 1. The molecular weight excluding hydrogens is 286 g/mol. The van der Waals surface area contributed by atoms with Crippen molar-refractivity contribution in [3.8, 4) is 5.75 Å². The van der Waals surface area contributed by atoms with Crippen LogP contribution in [0.3, 0.4) is 0 Å². The zero-order valence-corrected chi connectivity index (χ0v) is 15.2. The molecule has 1 rings (SSSR count). The van der Waals surface area contributed by atoms with Gasteiger partial charge in [-0.3, -0.25) is 4.79 Å². The number of hydrogen-bond donors (Lipinski definition) is 0.